The van der Waals surface area contributed by atoms with Crippen LogP contribution < -0.4 is 0 Å². The van der Waals surface area contributed by atoms with Crippen LogP contribution in [-0.4, -0.2) is 55.5 Å². The van der Waals surface area contributed by atoms with Gasteiger partial charge in [0.2, 0.25) is 0 Å². The summed E-state index contributed by atoms with van der Waals surface area (Å²) in [7, 11) is 0. The first-order valence-electron chi connectivity index (χ1n) is 22.0. The molecule has 5 rings (SSSR count). The van der Waals surface area contributed by atoms with Gasteiger partial charge in [-0.2, -0.15) is 0 Å². The number of benzene rings is 4. The summed E-state index contributed by atoms with van der Waals surface area (Å²) in [6.45, 7) is 9.34. The van der Waals surface area contributed by atoms with E-state index in [1.807, 2.05) is 24.3 Å². The van der Waals surface area contributed by atoms with Gasteiger partial charge in [-0.1, -0.05) is 84.9 Å². The first kappa shape index (κ1) is 45.3. The molecule has 4 aromatic carbocycles. The van der Waals surface area contributed by atoms with Crippen LogP contribution in [0, 0.1) is 0 Å². The summed E-state index contributed by atoms with van der Waals surface area (Å²) in [5.74, 6) is 0. The van der Waals surface area contributed by atoms with Crippen LogP contribution in [0.3, 0.4) is 0 Å². The molecule has 6 heteroatoms. The summed E-state index contributed by atoms with van der Waals surface area (Å²) in [6.07, 6.45) is 13.3. The van der Waals surface area contributed by atoms with Crippen LogP contribution >= 0.6 is 0 Å². The molecular weight excluding hydrogens is 811 g/mol. The van der Waals surface area contributed by atoms with Crippen LogP contribution in [-0.2, 0) is 50.1 Å². The summed E-state index contributed by atoms with van der Waals surface area (Å²) >= 11 is -2.27. The molecule has 0 amide bonds. The molecule has 0 aromatic heterocycles. The minimum atomic E-state index is -2.27. The second-order valence-corrected chi connectivity index (χ2v) is 30.1. The molecule has 0 bridgehead atoms. The van der Waals surface area contributed by atoms with Crippen molar-refractivity contribution in [3.8, 4) is 0 Å². The Labute approximate surface area is 349 Å². The van der Waals surface area contributed by atoms with Crippen molar-refractivity contribution in [1.29, 1.82) is 0 Å². The molecule has 4 aromatic rings. The van der Waals surface area contributed by atoms with Crippen molar-refractivity contribution in [2.24, 2.45) is 0 Å². The van der Waals surface area contributed by atoms with Gasteiger partial charge in [-0.15, -0.1) is 0 Å². The van der Waals surface area contributed by atoms with Gasteiger partial charge in [-0.3, -0.25) is 0 Å². The predicted molar refractivity (Wildman–Crippen MR) is 238 cm³/mol. The second kappa shape index (κ2) is 26.3. The summed E-state index contributed by atoms with van der Waals surface area (Å²) in [5.41, 5.74) is 4.49. The molecule has 0 unspecified atom stereocenters. The van der Waals surface area contributed by atoms with Gasteiger partial charge in [0, 0.05) is 0 Å². The fourth-order valence-electron chi connectivity index (χ4n) is 8.17. The monoisotopic (exact) mass is 882 g/mol. The Kier molecular flexibility index (Phi) is 20.9. The molecule has 5 nitrogen and oxygen atoms in total. The molecular formula is C51H70O5Sn. The molecule has 1 aliphatic heterocycles. The molecule has 308 valence electrons. The molecule has 0 aliphatic carbocycles. The number of allylic oxidation sites excluding steroid dienone is 2. The number of hydrogen-bond acceptors (Lipinski definition) is 5. The van der Waals surface area contributed by atoms with Crippen molar-refractivity contribution in [1.82, 2.24) is 0 Å². The van der Waals surface area contributed by atoms with Crippen molar-refractivity contribution >= 4 is 18.4 Å². The maximum absolute atomic E-state index is 7.14. The number of ether oxygens (including phenoxy) is 5. The summed E-state index contributed by atoms with van der Waals surface area (Å²) in [6, 6.07) is 41.6. The Hall–Kier alpha value is -2.78. The van der Waals surface area contributed by atoms with Crippen LogP contribution in [0.25, 0.3) is 0 Å². The molecule has 0 N–H and O–H groups in total. The molecule has 0 saturated carbocycles. The number of unbranched alkanes of at least 4 members (excludes halogenated alkanes) is 3. The van der Waals surface area contributed by atoms with Crippen LogP contribution in [0.2, 0.25) is 17.7 Å². The van der Waals surface area contributed by atoms with Crippen LogP contribution in [0.5, 0.6) is 0 Å². The van der Waals surface area contributed by atoms with Crippen molar-refractivity contribution in [3.05, 3.63) is 156 Å². The SMILES string of the molecule is CCC[CH2][Sn]([CH2]/C=C/CC[C@H]1O[C@H](COCc2ccccc2)[C@H](OCc2ccccc2)[C@H](OCc2ccccc2)[C@H]1OCc1ccccc1)([CH2]CCC)[CH2]CCC. The van der Waals surface area contributed by atoms with Crippen molar-refractivity contribution < 1.29 is 23.7 Å². The number of rotatable bonds is 27. The molecule has 0 spiro atoms. The maximum atomic E-state index is 7.14. The van der Waals surface area contributed by atoms with Gasteiger partial charge in [0.25, 0.3) is 0 Å². The van der Waals surface area contributed by atoms with Gasteiger partial charge in [-0.25, -0.2) is 0 Å². The molecule has 1 aliphatic rings. The Balaban J connectivity index is 1.41. The fourth-order valence-corrected chi connectivity index (χ4v) is 23.4. The van der Waals surface area contributed by atoms with E-state index in [2.05, 4.69) is 130 Å². The quantitative estimate of drug-likeness (QED) is 0.0441. The van der Waals surface area contributed by atoms with E-state index in [-0.39, 0.29) is 24.4 Å². The zero-order valence-electron chi connectivity index (χ0n) is 35.2. The Morgan fingerprint density at radius 2 is 0.895 bits per heavy atom. The van der Waals surface area contributed by atoms with Crippen LogP contribution in [0.4, 0.5) is 0 Å². The third kappa shape index (κ3) is 15.7. The minimum absolute atomic E-state index is 0.199. The second-order valence-electron chi connectivity index (χ2n) is 16.1. The van der Waals surface area contributed by atoms with Gasteiger partial charge < -0.3 is 0 Å². The summed E-state index contributed by atoms with van der Waals surface area (Å²) in [5, 5.41) is 0. The zero-order valence-corrected chi connectivity index (χ0v) is 38.0. The van der Waals surface area contributed by atoms with E-state index in [9.17, 15) is 0 Å². The summed E-state index contributed by atoms with van der Waals surface area (Å²) in [4.78, 5) is 0. The van der Waals surface area contributed by atoms with E-state index >= 15 is 0 Å². The average Bonchev–Trinajstić information content (AvgIpc) is 3.26. The molecule has 0 radical (unpaired) electrons. The normalized spacial score (nSPS) is 19.9. The van der Waals surface area contributed by atoms with Gasteiger partial charge in [-0.05, 0) is 0 Å². The average molecular weight is 882 g/mol. The Morgan fingerprint density at radius 1 is 0.491 bits per heavy atom. The standard InChI is InChI=1S/C39H43O5.3C4H9.Sn/c1-2-3-8-25-35-37(41-27-32-19-11-5-12-20-32)39(43-29-34-23-15-7-16-24-34)38(42-28-33-21-13-6-14-22-33)36(44-35)30-40-26-31-17-9-4-10-18-31;3*1-3-4-2;/h2-7,9-24,35-39H,1,8,25-30H2;3*1,3-4H2,2H3;/b3-2+;;;;/t35-,36-,37+,38+,39-;;;;/m1..../s1. The summed E-state index contributed by atoms with van der Waals surface area (Å²) < 4.78 is 40.3. The first-order valence-corrected chi connectivity index (χ1v) is 30.1. The Bertz CT molecular complexity index is 1600. The zero-order chi connectivity index (χ0) is 39.8. The van der Waals surface area contributed by atoms with E-state index in [4.69, 9.17) is 23.7 Å². The van der Waals surface area contributed by atoms with E-state index in [1.165, 1.54) is 56.3 Å². The van der Waals surface area contributed by atoms with Crippen LogP contribution in [0.15, 0.2) is 133 Å². The van der Waals surface area contributed by atoms with Gasteiger partial charge >= 0.3 is 266 Å². The molecule has 1 fully saturated rings. The van der Waals surface area contributed by atoms with Gasteiger partial charge in [0.15, 0.2) is 0 Å². The van der Waals surface area contributed by atoms with E-state index in [1.54, 1.807) is 0 Å². The molecule has 1 saturated heterocycles. The van der Waals surface area contributed by atoms with Gasteiger partial charge in [0.1, 0.15) is 0 Å². The molecule has 1 heterocycles. The van der Waals surface area contributed by atoms with Crippen molar-refractivity contribution in [2.45, 2.75) is 147 Å². The first-order chi connectivity index (χ1) is 28.1. The van der Waals surface area contributed by atoms with Crippen molar-refractivity contribution in [2.75, 3.05) is 6.61 Å². The third-order valence-corrected chi connectivity index (χ3v) is 26.8. The fraction of sp³-hybridized carbons (Fsp3) is 0.490. The van der Waals surface area contributed by atoms with E-state index < -0.39 is 24.5 Å². The molecule has 57 heavy (non-hydrogen) atoms. The van der Waals surface area contributed by atoms with E-state index in [0.717, 1.165) is 35.1 Å². The van der Waals surface area contributed by atoms with Crippen LogP contribution in [0.1, 0.15) is 94.4 Å². The molecule has 5 atom stereocenters. The van der Waals surface area contributed by atoms with Gasteiger partial charge in [0.05, 0.1) is 0 Å². The Morgan fingerprint density at radius 3 is 1.33 bits per heavy atom. The number of hydrogen-bond donors (Lipinski definition) is 0. The van der Waals surface area contributed by atoms with E-state index in [0.29, 0.717) is 33.0 Å². The predicted octanol–water partition coefficient (Wildman–Crippen LogP) is 12.9. The van der Waals surface area contributed by atoms with Crippen molar-refractivity contribution in [3.63, 3.8) is 0 Å². The third-order valence-electron chi connectivity index (χ3n) is 11.5. The topological polar surface area (TPSA) is 46.2 Å².